The topological polar surface area (TPSA) is 89.5 Å². The summed E-state index contributed by atoms with van der Waals surface area (Å²) in [5.74, 6) is -0.692. The molecule has 3 aliphatic heterocycles. The quantitative estimate of drug-likeness (QED) is 0.638. The first-order valence-corrected chi connectivity index (χ1v) is 13.3. The van der Waals surface area contributed by atoms with Crippen molar-refractivity contribution < 1.29 is 28.8 Å². The van der Waals surface area contributed by atoms with Gasteiger partial charge >= 0.3 is 6.09 Å². The Kier molecular flexibility index (Phi) is 6.28. The lowest BCUT2D eigenvalue weighted by Crippen LogP contribution is -2.55. The first kappa shape index (κ1) is 24.8. The lowest BCUT2D eigenvalue weighted by atomic mass is 9.89. The van der Waals surface area contributed by atoms with Gasteiger partial charge in [-0.05, 0) is 55.9 Å². The minimum Gasteiger partial charge on any atom is -0.449 e. The number of aliphatic hydroxyl groups excluding tert-OH is 1. The highest BCUT2D eigenvalue weighted by Crippen LogP contribution is 2.44. The predicted octanol–water partition coefficient (Wildman–Crippen LogP) is 3.62. The maximum atomic E-state index is 12.8. The number of fused-ring (bicyclic) bond motifs is 4. The zero-order chi connectivity index (χ0) is 25.8. The molecule has 4 aliphatic rings. The number of rotatable bonds is 5. The SMILES string of the molecule is CC1(NC(=O)OCC2c3ccccc3-c3ccccc32)CCN(C[C@H]2O[C@@H]3OC(C)(C)O[C@@H]3[C@H]2O)CC1. The number of hydrogen-bond donors (Lipinski definition) is 2. The van der Waals surface area contributed by atoms with Crippen LogP contribution in [0.25, 0.3) is 11.1 Å². The maximum absolute atomic E-state index is 12.8. The zero-order valence-electron chi connectivity index (χ0n) is 21.7. The average molecular weight is 509 g/mol. The molecular formula is C29H36N2O6. The molecule has 3 heterocycles. The molecule has 198 valence electrons. The first-order chi connectivity index (χ1) is 17.7. The van der Waals surface area contributed by atoms with Crippen molar-refractivity contribution in [3.05, 3.63) is 59.7 Å². The van der Waals surface area contributed by atoms with Gasteiger partial charge in [-0.2, -0.15) is 0 Å². The predicted molar refractivity (Wildman–Crippen MR) is 137 cm³/mol. The van der Waals surface area contributed by atoms with Gasteiger partial charge in [0.15, 0.2) is 12.1 Å². The fourth-order valence-electron chi connectivity index (χ4n) is 6.20. The Bertz CT molecular complexity index is 1120. The van der Waals surface area contributed by atoms with Gasteiger partial charge in [-0.15, -0.1) is 0 Å². The van der Waals surface area contributed by atoms with Gasteiger partial charge in [0, 0.05) is 31.1 Å². The third-order valence-electron chi connectivity index (χ3n) is 8.26. The fourth-order valence-corrected chi connectivity index (χ4v) is 6.20. The Morgan fingerprint density at radius 2 is 1.65 bits per heavy atom. The van der Waals surface area contributed by atoms with E-state index in [1.807, 2.05) is 38.1 Å². The van der Waals surface area contributed by atoms with Crippen LogP contribution in [-0.2, 0) is 18.9 Å². The number of benzene rings is 2. The molecule has 6 rings (SSSR count). The number of carbonyl (C=O) groups excluding carboxylic acids is 1. The highest BCUT2D eigenvalue weighted by molar-refractivity contribution is 5.79. The van der Waals surface area contributed by atoms with E-state index in [4.69, 9.17) is 18.9 Å². The van der Waals surface area contributed by atoms with E-state index in [2.05, 4.69) is 41.4 Å². The molecule has 0 radical (unpaired) electrons. The number of likely N-dealkylation sites (tertiary alicyclic amines) is 1. The molecule has 8 heteroatoms. The Morgan fingerprint density at radius 3 is 2.27 bits per heavy atom. The van der Waals surface area contributed by atoms with E-state index < -0.39 is 24.3 Å². The molecule has 4 atom stereocenters. The smallest absolute Gasteiger partial charge is 0.407 e. The summed E-state index contributed by atoms with van der Waals surface area (Å²) < 4.78 is 23.3. The monoisotopic (exact) mass is 508 g/mol. The van der Waals surface area contributed by atoms with Crippen molar-refractivity contribution in [1.82, 2.24) is 10.2 Å². The summed E-state index contributed by atoms with van der Waals surface area (Å²) in [4.78, 5) is 15.1. The van der Waals surface area contributed by atoms with Crippen LogP contribution in [-0.4, -0.2) is 78.3 Å². The summed E-state index contributed by atoms with van der Waals surface area (Å²) in [5.41, 5.74) is 4.49. The van der Waals surface area contributed by atoms with Crippen LogP contribution in [0.15, 0.2) is 48.5 Å². The van der Waals surface area contributed by atoms with Crippen LogP contribution in [0, 0.1) is 0 Å². The molecule has 2 N–H and O–H groups in total. The van der Waals surface area contributed by atoms with Crippen LogP contribution in [0.2, 0.25) is 0 Å². The van der Waals surface area contributed by atoms with Crippen molar-refractivity contribution >= 4 is 6.09 Å². The summed E-state index contributed by atoms with van der Waals surface area (Å²) in [7, 11) is 0. The van der Waals surface area contributed by atoms with E-state index in [0.29, 0.717) is 13.2 Å². The number of piperidine rings is 1. The second-order valence-electron chi connectivity index (χ2n) is 11.4. The molecule has 8 nitrogen and oxygen atoms in total. The number of ether oxygens (including phenoxy) is 4. The Balaban J connectivity index is 0.995. The first-order valence-electron chi connectivity index (χ1n) is 13.3. The number of hydrogen-bond acceptors (Lipinski definition) is 7. The molecule has 3 saturated heterocycles. The largest absolute Gasteiger partial charge is 0.449 e. The normalized spacial score (nSPS) is 29.9. The van der Waals surface area contributed by atoms with E-state index in [-0.39, 0.29) is 23.7 Å². The van der Waals surface area contributed by atoms with E-state index in [1.54, 1.807) is 0 Å². The molecule has 0 aromatic heterocycles. The van der Waals surface area contributed by atoms with Crippen LogP contribution < -0.4 is 5.32 Å². The van der Waals surface area contributed by atoms with Gasteiger partial charge in [-0.25, -0.2) is 4.79 Å². The molecule has 2 aromatic rings. The van der Waals surface area contributed by atoms with Gasteiger partial charge in [0.05, 0.1) is 0 Å². The minimum absolute atomic E-state index is 0.0451. The van der Waals surface area contributed by atoms with Crippen LogP contribution >= 0.6 is 0 Å². The van der Waals surface area contributed by atoms with E-state index >= 15 is 0 Å². The average Bonchev–Trinajstić information content (AvgIpc) is 3.45. The van der Waals surface area contributed by atoms with Crippen molar-refractivity contribution in [1.29, 1.82) is 0 Å². The van der Waals surface area contributed by atoms with Gasteiger partial charge in [0.2, 0.25) is 0 Å². The van der Waals surface area contributed by atoms with Gasteiger partial charge in [0.25, 0.3) is 0 Å². The summed E-state index contributed by atoms with van der Waals surface area (Å²) in [6.07, 6.45) is -0.868. The molecular weight excluding hydrogens is 472 g/mol. The minimum atomic E-state index is -0.737. The fraction of sp³-hybridized carbons (Fsp3) is 0.552. The molecule has 0 spiro atoms. The number of nitrogens with one attached hydrogen (secondary N) is 1. The molecule has 1 aliphatic carbocycles. The summed E-state index contributed by atoms with van der Waals surface area (Å²) in [5, 5.41) is 13.8. The Hall–Kier alpha value is -2.49. The standard InChI is InChI=1S/C29H36N2O6/c1-28(2)36-25-24(32)23(35-26(25)37-28)16-31-14-12-29(3,13-15-31)30-27(33)34-17-22-20-10-6-4-8-18(20)19-9-5-7-11-21(19)22/h4-11,22-26,32H,12-17H2,1-3H3,(H,30,33)/t23-,24+,25-,26-/m1/s1. The highest BCUT2D eigenvalue weighted by Gasteiger charge is 2.54. The molecule has 3 fully saturated rings. The summed E-state index contributed by atoms with van der Waals surface area (Å²) in [6, 6.07) is 16.7. The van der Waals surface area contributed by atoms with Crippen molar-refractivity contribution in [2.75, 3.05) is 26.2 Å². The van der Waals surface area contributed by atoms with Gasteiger partial charge in [0.1, 0.15) is 24.9 Å². The second kappa shape index (κ2) is 9.36. The maximum Gasteiger partial charge on any atom is 0.407 e. The van der Waals surface area contributed by atoms with E-state index in [1.165, 1.54) is 22.3 Å². The number of amides is 1. The number of nitrogens with zero attached hydrogens (tertiary/aromatic N) is 1. The molecule has 0 saturated carbocycles. The van der Waals surface area contributed by atoms with E-state index in [9.17, 15) is 9.90 Å². The lowest BCUT2D eigenvalue weighted by Gasteiger charge is -2.40. The summed E-state index contributed by atoms with van der Waals surface area (Å²) in [6.45, 7) is 8.20. The Morgan fingerprint density at radius 1 is 1.03 bits per heavy atom. The Labute approximate surface area is 217 Å². The molecule has 0 unspecified atom stereocenters. The third-order valence-corrected chi connectivity index (χ3v) is 8.26. The van der Waals surface area contributed by atoms with Crippen molar-refractivity contribution in [2.24, 2.45) is 0 Å². The zero-order valence-corrected chi connectivity index (χ0v) is 21.7. The number of aliphatic hydroxyl groups is 1. The van der Waals surface area contributed by atoms with Gasteiger partial charge in [-0.3, -0.25) is 0 Å². The van der Waals surface area contributed by atoms with Crippen LogP contribution in [0.5, 0.6) is 0 Å². The van der Waals surface area contributed by atoms with Gasteiger partial charge in [-0.1, -0.05) is 48.5 Å². The molecule has 37 heavy (non-hydrogen) atoms. The molecule has 1 amide bonds. The highest BCUT2D eigenvalue weighted by atomic mass is 16.8. The van der Waals surface area contributed by atoms with Crippen molar-refractivity contribution in [3.8, 4) is 11.1 Å². The third kappa shape index (κ3) is 4.77. The van der Waals surface area contributed by atoms with Crippen molar-refractivity contribution in [2.45, 2.75) is 75.5 Å². The van der Waals surface area contributed by atoms with Gasteiger partial charge < -0.3 is 34.3 Å². The van der Waals surface area contributed by atoms with Crippen LogP contribution in [0.4, 0.5) is 4.79 Å². The summed E-state index contributed by atoms with van der Waals surface area (Å²) >= 11 is 0. The van der Waals surface area contributed by atoms with Crippen molar-refractivity contribution in [3.63, 3.8) is 0 Å². The number of alkyl carbamates (subject to hydrolysis) is 1. The molecule has 2 aromatic carbocycles. The number of carbonyl (C=O) groups is 1. The van der Waals surface area contributed by atoms with E-state index in [0.717, 1.165) is 25.9 Å². The van der Waals surface area contributed by atoms with Crippen LogP contribution in [0.1, 0.15) is 50.7 Å². The molecule has 0 bridgehead atoms. The lowest BCUT2D eigenvalue weighted by molar-refractivity contribution is -0.216. The van der Waals surface area contributed by atoms with Crippen LogP contribution in [0.3, 0.4) is 0 Å². The second-order valence-corrected chi connectivity index (χ2v) is 11.4.